The van der Waals surface area contributed by atoms with E-state index in [1.807, 2.05) is 0 Å². The third-order valence-corrected chi connectivity index (χ3v) is 6.26. The van der Waals surface area contributed by atoms with Gasteiger partial charge in [0.05, 0.1) is 31.8 Å². The molecule has 5 atom stereocenters. The highest BCUT2D eigenvalue weighted by atomic mass is 16.5. The molecule has 4 aliphatic rings. The number of methoxy groups -OCH3 is 1. The predicted octanol–water partition coefficient (Wildman–Crippen LogP) is -2.01. The Labute approximate surface area is 155 Å². The summed E-state index contributed by atoms with van der Waals surface area (Å²) in [5.74, 6) is -1.94. The van der Waals surface area contributed by atoms with E-state index in [9.17, 15) is 29.7 Å². The number of piperazine rings is 1. The number of hydrogen-bond acceptors (Lipinski definition) is 8. The molecule has 0 aromatic rings. The molecule has 0 aromatic carbocycles. The molecule has 4 rings (SSSR count). The zero-order valence-corrected chi connectivity index (χ0v) is 15.0. The second-order valence-electron chi connectivity index (χ2n) is 7.49. The lowest BCUT2D eigenvalue weighted by Crippen LogP contribution is -2.68. The van der Waals surface area contributed by atoms with Crippen LogP contribution in [0.25, 0.3) is 0 Å². The van der Waals surface area contributed by atoms with Crippen LogP contribution >= 0.6 is 0 Å². The van der Waals surface area contributed by atoms with Gasteiger partial charge in [0.1, 0.15) is 0 Å². The van der Waals surface area contributed by atoms with Crippen molar-refractivity contribution in [3.63, 3.8) is 0 Å². The van der Waals surface area contributed by atoms with Gasteiger partial charge < -0.3 is 30.3 Å². The van der Waals surface area contributed by atoms with Gasteiger partial charge >= 0.3 is 0 Å². The Morgan fingerprint density at radius 2 is 1.96 bits per heavy atom. The van der Waals surface area contributed by atoms with Crippen LogP contribution < -0.4 is 5.32 Å². The molecule has 3 heterocycles. The third kappa shape index (κ3) is 2.35. The first-order chi connectivity index (χ1) is 12.8. The molecule has 0 saturated carbocycles. The second-order valence-corrected chi connectivity index (χ2v) is 7.49. The number of carbonyl (C=O) groups is 3. The van der Waals surface area contributed by atoms with Crippen LogP contribution in [0.4, 0.5) is 0 Å². The first-order valence-electron chi connectivity index (χ1n) is 8.94. The molecule has 2 bridgehead atoms. The molecule has 27 heavy (non-hydrogen) atoms. The van der Waals surface area contributed by atoms with Crippen molar-refractivity contribution in [3.05, 3.63) is 22.5 Å². The minimum Gasteiger partial charge on any atom is -0.492 e. The lowest BCUT2D eigenvalue weighted by molar-refractivity contribution is -0.148. The van der Waals surface area contributed by atoms with E-state index >= 15 is 0 Å². The van der Waals surface area contributed by atoms with Crippen molar-refractivity contribution < 1.29 is 34.4 Å². The van der Waals surface area contributed by atoms with Crippen LogP contribution in [-0.2, 0) is 19.1 Å². The van der Waals surface area contributed by atoms with Gasteiger partial charge in [-0.15, -0.1) is 0 Å². The van der Waals surface area contributed by atoms with Crippen LogP contribution in [0.5, 0.6) is 0 Å². The molecule has 146 valence electrons. The molecular formula is C18H22N2O7. The number of nitrogens with one attached hydrogen (secondary N) is 1. The Hall–Kier alpha value is -2.07. The zero-order valence-electron chi connectivity index (χ0n) is 15.0. The van der Waals surface area contributed by atoms with Gasteiger partial charge in [0.25, 0.3) is 0 Å². The lowest BCUT2D eigenvalue weighted by Gasteiger charge is -2.49. The molecule has 1 amide bonds. The predicted molar refractivity (Wildman–Crippen MR) is 89.9 cm³/mol. The molecule has 1 aliphatic carbocycles. The SMILES string of the molecule is COC1=C(C)C(=O)C2=C(C1=O)[C@H](CO)N1C(=O)[C@H]3N[C@H](C[C@H]3C(O)O)[C@@H]1C2. The van der Waals surface area contributed by atoms with E-state index in [0.29, 0.717) is 12.0 Å². The molecule has 4 N–H and O–H groups in total. The number of carbonyl (C=O) groups excluding carboxylic acids is 3. The van der Waals surface area contributed by atoms with E-state index in [0.717, 1.165) is 0 Å². The van der Waals surface area contributed by atoms with Crippen molar-refractivity contribution in [1.82, 2.24) is 10.2 Å². The normalized spacial score (nSPS) is 35.9. The summed E-state index contributed by atoms with van der Waals surface area (Å²) in [5, 5.41) is 32.4. The smallest absolute Gasteiger partial charge is 0.241 e. The van der Waals surface area contributed by atoms with E-state index < -0.39 is 48.6 Å². The maximum Gasteiger partial charge on any atom is 0.241 e. The summed E-state index contributed by atoms with van der Waals surface area (Å²) in [6.07, 6.45) is -1.12. The summed E-state index contributed by atoms with van der Waals surface area (Å²) in [6.45, 7) is 1.01. The molecule has 0 aromatic heterocycles. The summed E-state index contributed by atoms with van der Waals surface area (Å²) in [7, 11) is 1.30. The Morgan fingerprint density at radius 3 is 2.56 bits per heavy atom. The first-order valence-corrected chi connectivity index (χ1v) is 8.94. The monoisotopic (exact) mass is 378 g/mol. The van der Waals surface area contributed by atoms with Crippen molar-refractivity contribution >= 4 is 17.5 Å². The zero-order chi connectivity index (χ0) is 19.6. The number of fused-ring (bicyclic) bond motifs is 4. The highest BCUT2D eigenvalue weighted by Gasteiger charge is 2.57. The van der Waals surface area contributed by atoms with Crippen molar-refractivity contribution in [2.75, 3.05) is 13.7 Å². The maximum atomic E-state index is 13.0. The summed E-state index contributed by atoms with van der Waals surface area (Å²) in [5.41, 5.74) is 0.631. The van der Waals surface area contributed by atoms with Gasteiger partial charge in [-0.2, -0.15) is 0 Å². The second kappa shape index (κ2) is 6.23. The molecule has 2 saturated heterocycles. The fourth-order valence-electron chi connectivity index (χ4n) is 5.02. The van der Waals surface area contributed by atoms with Crippen LogP contribution in [0.1, 0.15) is 19.8 Å². The van der Waals surface area contributed by atoms with Gasteiger partial charge in [0, 0.05) is 28.7 Å². The van der Waals surface area contributed by atoms with Gasteiger partial charge in [0.2, 0.25) is 11.7 Å². The van der Waals surface area contributed by atoms with Crippen LogP contribution in [0.2, 0.25) is 0 Å². The highest BCUT2D eigenvalue weighted by molar-refractivity contribution is 6.25. The molecular weight excluding hydrogens is 356 g/mol. The number of Topliss-reactive ketones (excluding diaryl/α,β-unsaturated/α-hetero) is 2. The fraction of sp³-hybridized carbons (Fsp3) is 0.611. The minimum atomic E-state index is -1.65. The standard InChI is InChI=1S/C18H22N2O7/c1-6-14(22)7-4-10-9-3-8(18(25)26)13(19-9)17(24)20(10)11(5-21)12(7)15(23)16(6)27-2/h8-11,13,18-19,21,25-26H,3-5H2,1-2H3/t8-,9-,10+,11+,13+/m1/s1. The van der Waals surface area contributed by atoms with Crippen molar-refractivity contribution in [2.45, 2.75) is 50.2 Å². The molecule has 9 heteroatoms. The Bertz CT molecular complexity index is 800. The highest BCUT2D eigenvalue weighted by Crippen LogP contribution is 2.43. The average Bonchev–Trinajstić information content (AvgIpc) is 3.05. The average molecular weight is 378 g/mol. The van der Waals surface area contributed by atoms with Gasteiger partial charge in [-0.3, -0.25) is 14.4 Å². The van der Waals surface area contributed by atoms with Crippen molar-refractivity contribution in [3.8, 4) is 0 Å². The molecule has 0 spiro atoms. The van der Waals surface area contributed by atoms with E-state index in [2.05, 4.69) is 5.32 Å². The quantitative estimate of drug-likeness (QED) is 0.327. The number of hydrogen-bond donors (Lipinski definition) is 4. The number of aliphatic hydroxyl groups is 3. The topological polar surface area (TPSA) is 136 Å². The van der Waals surface area contributed by atoms with Crippen LogP contribution in [0.15, 0.2) is 22.5 Å². The largest absolute Gasteiger partial charge is 0.492 e. The maximum absolute atomic E-state index is 13.0. The van der Waals surface area contributed by atoms with E-state index in [1.54, 1.807) is 0 Å². The number of allylic oxidation sites excluding steroid dienone is 2. The van der Waals surface area contributed by atoms with Gasteiger partial charge in [-0.25, -0.2) is 0 Å². The summed E-state index contributed by atoms with van der Waals surface area (Å²) in [6, 6.07) is -2.45. The Kier molecular flexibility index (Phi) is 4.22. The number of aliphatic hydroxyl groups excluding tert-OH is 2. The molecule has 0 radical (unpaired) electrons. The summed E-state index contributed by atoms with van der Waals surface area (Å²) in [4.78, 5) is 40.2. The minimum absolute atomic E-state index is 0.0649. The fourth-order valence-corrected chi connectivity index (χ4v) is 5.02. The summed E-state index contributed by atoms with van der Waals surface area (Å²) >= 11 is 0. The number of nitrogens with zero attached hydrogens (tertiary/aromatic N) is 1. The number of ketones is 2. The van der Waals surface area contributed by atoms with Gasteiger partial charge in [0.15, 0.2) is 17.8 Å². The van der Waals surface area contributed by atoms with Crippen molar-refractivity contribution in [2.24, 2.45) is 5.92 Å². The number of rotatable bonds is 3. The molecule has 9 nitrogen and oxygen atoms in total. The number of ether oxygens (including phenoxy) is 1. The van der Waals surface area contributed by atoms with E-state index in [4.69, 9.17) is 4.74 Å². The van der Waals surface area contributed by atoms with Gasteiger partial charge in [-0.1, -0.05) is 0 Å². The van der Waals surface area contributed by atoms with Crippen LogP contribution in [0, 0.1) is 5.92 Å². The van der Waals surface area contributed by atoms with Crippen LogP contribution in [0.3, 0.4) is 0 Å². The number of amides is 1. The molecule has 3 aliphatic heterocycles. The van der Waals surface area contributed by atoms with Gasteiger partial charge in [-0.05, 0) is 19.8 Å². The Balaban J connectivity index is 1.79. The summed E-state index contributed by atoms with van der Waals surface area (Å²) < 4.78 is 5.11. The van der Waals surface area contributed by atoms with E-state index in [-0.39, 0.29) is 35.2 Å². The Morgan fingerprint density at radius 1 is 1.26 bits per heavy atom. The molecule has 2 fully saturated rings. The first kappa shape index (κ1) is 18.3. The molecule has 0 unspecified atom stereocenters. The van der Waals surface area contributed by atoms with Crippen molar-refractivity contribution in [1.29, 1.82) is 0 Å². The van der Waals surface area contributed by atoms with Crippen LogP contribution in [-0.4, -0.2) is 81.9 Å². The van der Waals surface area contributed by atoms with E-state index in [1.165, 1.54) is 18.9 Å². The lowest BCUT2D eigenvalue weighted by atomic mass is 9.76. The third-order valence-electron chi connectivity index (χ3n) is 6.26.